The fourth-order valence-electron chi connectivity index (χ4n) is 3.73. The monoisotopic (exact) mass is 574 g/mol. The molecule has 1 aromatic heterocycles. The maximum Gasteiger partial charge on any atom is 0.326 e. The number of nitrogens with zero attached hydrogens (tertiary/aromatic N) is 1. The van der Waals surface area contributed by atoms with E-state index in [1.165, 1.54) is 36.8 Å². The first-order chi connectivity index (χ1) is 19.3. The number of imidazole rings is 1. The van der Waals surface area contributed by atoms with Crippen LogP contribution >= 0.6 is 0 Å². The molecule has 2 rings (SSSR count). The molecule has 0 saturated carbocycles. The van der Waals surface area contributed by atoms with Crippen LogP contribution in [-0.4, -0.2) is 79.9 Å². The Morgan fingerprint density at radius 3 is 1.88 bits per heavy atom. The van der Waals surface area contributed by atoms with E-state index in [9.17, 15) is 39.0 Å². The third kappa shape index (κ3) is 11.3. The number of nitrogens with one attached hydrogen (secondary N) is 4. The van der Waals surface area contributed by atoms with E-state index in [0.29, 0.717) is 11.3 Å². The third-order valence-electron chi connectivity index (χ3n) is 5.95. The van der Waals surface area contributed by atoms with Gasteiger partial charge in [-0.25, -0.2) is 9.78 Å². The van der Waals surface area contributed by atoms with Crippen molar-refractivity contribution in [1.82, 2.24) is 25.9 Å². The summed E-state index contributed by atoms with van der Waals surface area (Å²) in [5.74, 6) is -5.50. The summed E-state index contributed by atoms with van der Waals surface area (Å²) in [5, 5.41) is 26.2. The average Bonchev–Trinajstić information content (AvgIpc) is 3.42. The van der Waals surface area contributed by atoms with Crippen LogP contribution in [0.3, 0.4) is 0 Å². The van der Waals surface area contributed by atoms with Crippen molar-refractivity contribution in [2.24, 2.45) is 17.2 Å². The topological polar surface area (TPSA) is 286 Å². The van der Waals surface area contributed by atoms with Gasteiger partial charge in [-0.1, -0.05) is 12.1 Å². The minimum absolute atomic E-state index is 0.0205. The molecule has 0 radical (unpaired) electrons. The molecule has 0 aliphatic rings. The number of aliphatic carboxylic acids is 1. The quantitative estimate of drug-likeness (QED) is 0.0941. The maximum absolute atomic E-state index is 13.4. The molecule has 16 heteroatoms. The molecule has 1 aromatic carbocycles. The molecule has 0 spiro atoms. The van der Waals surface area contributed by atoms with E-state index in [1.54, 1.807) is 0 Å². The molecule has 12 N–H and O–H groups in total. The second-order valence-electron chi connectivity index (χ2n) is 9.29. The number of phenolic OH excluding ortho intramolecular Hbond substituents is 1. The summed E-state index contributed by atoms with van der Waals surface area (Å²) < 4.78 is 0. The summed E-state index contributed by atoms with van der Waals surface area (Å²) >= 11 is 0. The number of phenols is 1. The van der Waals surface area contributed by atoms with Gasteiger partial charge in [0.05, 0.1) is 12.4 Å². The summed E-state index contributed by atoms with van der Waals surface area (Å²) in [6.45, 7) is 0. The van der Waals surface area contributed by atoms with Crippen molar-refractivity contribution >= 4 is 35.5 Å². The Hall–Kier alpha value is -4.99. The predicted molar refractivity (Wildman–Crippen MR) is 142 cm³/mol. The van der Waals surface area contributed by atoms with Gasteiger partial charge in [-0.3, -0.25) is 24.0 Å². The van der Waals surface area contributed by atoms with Gasteiger partial charge in [0.15, 0.2) is 0 Å². The van der Waals surface area contributed by atoms with Gasteiger partial charge in [0.2, 0.25) is 29.5 Å². The second kappa shape index (κ2) is 15.6. The molecule has 0 aliphatic carbocycles. The Labute approximate surface area is 234 Å². The highest BCUT2D eigenvalue weighted by atomic mass is 16.4. The van der Waals surface area contributed by atoms with Gasteiger partial charge in [0.25, 0.3) is 0 Å². The number of amides is 5. The van der Waals surface area contributed by atoms with E-state index in [1.807, 2.05) is 0 Å². The Balaban J connectivity index is 2.24. The van der Waals surface area contributed by atoms with Gasteiger partial charge < -0.3 is 48.3 Å². The summed E-state index contributed by atoms with van der Waals surface area (Å²) in [6.07, 6.45) is 1.68. The van der Waals surface area contributed by atoms with Crippen LogP contribution in [0.5, 0.6) is 5.75 Å². The molecule has 1 heterocycles. The first-order valence-corrected chi connectivity index (χ1v) is 12.6. The Bertz CT molecular complexity index is 1220. The van der Waals surface area contributed by atoms with Crippen molar-refractivity contribution in [3.8, 4) is 5.75 Å². The molecular weight excluding hydrogens is 540 g/mol. The fourth-order valence-corrected chi connectivity index (χ4v) is 3.73. The van der Waals surface area contributed by atoms with E-state index >= 15 is 0 Å². The zero-order chi connectivity index (χ0) is 30.5. The van der Waals surface area contributed by atoms with E-state index in [0.717, 1.165) is 0 Å². The first kappa shape index (κ1) is 32.2. The normalized spacial score (nSPS) is 13.7. The van der Waals surface area contributed by atoms with Crippen LogP contribution in [0.25, 0.3) is 0 Å². The molecule has 222 valence electrons. The molecule has 41 heavy (non-hydrogen) atoms. The molecule has 2 aromatic rings. The Kier molecular flexibility index (Phi) is 12.2. The van der Waals surface area contributed by atoms with Crippen LogP contribution in [0, 0.1) is 0 Å². The fraction of sp³-hybridized carbons (Fsp3) is 0.400. The van der Waals surface area contributed by atoms with Crippen LogP contribution < -0.4 is 33.2 Å². The average molecular weight is 575 g/mol. The van der Waals surface area contributed by atoms with Crippen molar-refractivity contribution in [3.63, 3.8) is 0 Å². The number of rotatable bonds is 17. The SMILES string of the molecule is NC(=O)CCC(NC(=O)C(CCC(N)=O)NC(=O)C(Cc1ccc(O)cc1)NC(=O)C(N)Cc1cnc[nH]1)C(=O)O. The number of aromatic amines is 1. The summed E-state index contributed by atoms with van der Waals surface area (Å²) in [5.41, 5.74) is 17.4. The largest absolute Gasteiger partial charge is 0.508 e. The molecular formula is C25H34N8O8. The summed E-state index contributed by atoms with van der Waals surface area (Å²) in [7, 11) is 0. The Morgan fingerprint density at radius 1 is 0.805 bits per heavy atom. The number of nitrogens with two attached hydrogens (primary N) is 3. The van der Waals surface area contributed by atoms with Gasteiger partial charge in [-0.2, -0.15) is 0 Å². The third-order valence-corrected chi connectivity index (χ3v) is 5.95. The number of aromatic nitrogens is 2. The van der Waals surface area contributed by atoms with Crippen molar-refractivity contribution in [2.75, 3.05) is 0 Å². The zero-order valence-corrected chi connectivity index (χ0v) is 22.0. The molecule has 0 fully saturated rings. The van der Waals surface area contributed by atoms with Gasteiger partial charge in [0.1, 0.15) is 23.9 Å². The lowest BCUT2D eigenvalue weighted by atomic mass is 10.0. The zero-order valence-electron chi connectivity index (χ0n) is 22.0. The highest BCUT2D eigenvalue weighted by molar-refractivity contribution is 5.94. The molecule has 4 unspecified atom stereocenters. The minimum atomic E-state index is -1.50. The second-order valence-corrected chi connectivity index (χ2v) is 9.29. The van der Waals surface area contributed by atoms with E-state index < -0.39 is 59.7 Å². The van der Waals surface area contributed by atoms with Gasteiger partial charge in [-0.15, -0.1) is 0 Å². The highest BCUT2D eigenvalue weighted by Crippen LogP contribution is 2.12. The van der Waals surface area contributed by atoms with Crippen LogP contribution in [0.15, 0.2) is 36.8 Å². The van der Waals surface area contributed by atoms with Gasteiger partial charge >= 0.3 is 5.97 Å². The van der Waals surface area contributed by atoms with E-state index in [-0.39, 0.29) is 44.3 Å². The van der Waals surface area contributed by atoms with Gasteiger partial charge in [0, 0.05) is 37.6 Å². The molecule has 0 bridgehead atoms. The number of carboxylic acids is 1. The number of benzene rings is 1. The number of carboxylic acid groups (broad SMARTS) is 1. The number of carbonyl (C=O) groups excluding carboxylic acids is 5. The highest BCUT2D eigenvalue weighted by Gasteiger charge is 2.31. The lowest BCUT2D eigenvalue weighted by Crippen LogP contribution is -2.58. The van der Waals surface area contributed by atoms with Crippen LogP contribution in [-0.2, 0) is 41.6 Å². The van der Waals surface area contributed by atoms with Crippen LogP contribution in [0.4, 0.5) is 0 Å². The molecule has 4 atom stereocenters. The lowest BCUT2D eigenvalue weighted by Gasteiger charge is -2.25. The van der Waals surface area contributed by atoms with Crippen LogP contribution in [0.2, 0.25) is 0 Å². The van der Waals surface area contributed by atoms with Crippen LogP contribution in [0.1, 0.15) is 36.9 Å². The molecule has 0 saturated heterocycles. The number of carbonyl (C=O) groups is 6. The van der Waals surface area contributed by atoms with Gasteiger partial charge in [-0.05, 0) is 30.5 Å². The van der Waals surface area contributed by atoms with Crippen molar-refractivity contribution < 1.29 is 39.0 Å². The van der Waals surface area contributed by atoms with Crippen molar-refractivity contribution in [2.45, 2.75) is 62.7 Å². The summed E-state index contributed by atoms with van der Waals surface area (Å²) in [6, 6.07) is 0.558. The first-order valence-electron chi connectivity index (χ1n) is 12.6. The number of H-pyrrole nitrogens is 1. The minimum Gasteiger partial charge on any atom is -0.508 e. The molecule has 0 aliphatic heterocycles. The smallest absolute Gasteiger partial charge is 0.326 e. The number of hydrogen-bond acceptors (Lipinski definition) is 9. The number of aromatic hydroxyl groups is 1. The number of hydrogen-bond donors (Lipinski definition) is 9. The molecule has 5 amide bonds. The predicted octanol–water partition coefficient (Wildman–Crippen LogP) is -2.70. The van der Waals surface area contributed by atoms with E-state index in [2.05, 4.69) is 25.9 Å². The Morgan fingerprint density at radius 2 is 1.34 bits per heavy atom. The van der Waals surface area contributed by atoms with E-state index in [4.69, 9.17) is 17.2 Å². The van der Waals surface area contributed by atoms with Crippen molar-refractivity contribution in [1.29, 1.82) is 0 Å². The maximum atomic E-state index is 13.4. The summed E-state index contributed by atoms with van der Waals surface area (Å²) in [4.78, 5) is 80.0. The molecule has 16 nitrogen and oxygen atoms in total. The number of primary amides is 2. The standard InChI is InChI=1S/C25H34N8O8/c26-16(10-14-11-29-12-30-14)22(37)33-19(9-13-1-3-15(34)4-2-13)24(39)31-17(5-7-20(27)35)23(38)32-18(25(40)41)6-8-21(28)36/h1-4,11-12,16-19,34H,5-10,26H2,(H2,27,35)(H2,28,36)(H,29,30)(H,31,39)(H,32,38)(H,33,37)(H,40,41). The van der Waals surface area contributed by atoms with Crippen molar-refractivity contribution in [3.05, 3.63) is 48.0 Å². The lowest BCUT2D eigenvalue weighted by molar-refractivity contribution is -0.142.